The minimum atomic E-state index is -5.03. The summed E-state index contributed by atoms with van der Waals surface area (Å²) in [5.41, 5.74) is -0.288. The molecule has 11 nitrogen and oxygen atoms in total. The maximum absolute atomic E-state index is 13.1. The highest BCUT2D eigenvalue weighted by molar-refractivity contribution is 7.86. The second-order valence-corrected chi connectivity index (χ2v) is 9.13. The van der Waals surface area contributed by atoms with Gasteiger partial charge in [0.25, 0.3) is 0 Å². The maximum Gasteiger partial charge on any atom is 0.573 e. The molecule has 2 N–H and O–H groups in total. The van der Waals surface area contributed by atoms with Gasteiger partial charge >= 0.3 is 22.6 Å². The quantitative estimate of drug-likeness (QED) is 0.563. The Morgan fingerprint density at radius 2 is 2.03 bits per heavy atom. The molecule has 1 saturated heterocycles. The topological polar surface area (TPSA) is 130 Å². The molecule has 33 heavy (non-hydrogen) atoms. The highest BCUT2D eigenvalue weighted by Crippen LogP contribution is 2.29. The van der Waals surface area contributed by atoms with Gasteiger partial charge in [-0.3, -0.25) is 10.00 Å². The van der Waals surface area contributed by atoms with Crippen LogP contribution in [0.3, 0.4) is 0 Å². The Morgan fingerprint density at radius 1 is 1.36 bits per heavy atom. The standard InChI is InChI=1S/C17H19ClF3N5O6S/c1-24-10-14(9-22-24)25(13-2-4-31-5-3-13)33(29,30)26(28)16(27)23-12-6-11(18)7-15(8-12)32-17(19,20)21/h6-10,13,26H,2-5H2,1H3,(H,23,27). The lowest BCUT2D eigenvalue weighted by Gasteiger charge is -2.35. The van der Waals surface area contributed by atoms with Gasteiger partial charge in [0.15, 0.2) is 0 Å². The molecule has 0 bridgehead atoms. The number of rotatable bonds is 6. The van der Waals surface area contributed by atoms with E-state index < -0.39 is 38.9 Å². The van der Waals surface area contributed by atoms with Crippen molar-refractivity contribution in [3.63, 3.8) is 0 Å². The summed E-state index contributed by atoms with van der Waals surface area (Å²) in [5, 5.41) is 18.3. The first kappa shape index (κ1) is 25.0. The molecular formula is C17H19ClF3N5O6S. The number of anilines is 2. The normalized spacial score (nSPS) is 16.3. The molecule has 2 heterocycles. The van der Waals surface area contributed by atoms with E-state index in [4.69, 9.17) is 16.3 Å². The molecule has 16 heteroatoms. The number of nitrogens with zero attached hydrogens (tertiary/aromatic N) is 3. The molecule has 0 spiro atoms. The lowest BCUT2D eigenvalue weighted by molar-refractivity contribution is -0.604. The van der Waals surface area contributed by atoms with Crippen LogP contribution in [0.1, 0.15) is 12.8 Å². The van der Waals surface area contributed by atoms with Gasteiger partial charge in [0, 0.05) is 37.5 Å². The zero-order valence-corrected chi connectivity index (χ0v) is 18.6. The molecule has 1 unspecified atom stereocenters. The van der Waals surface area contributed by atoms with Crippen LogP contribution in [0.2, 0.25) is 5.02 Å². The molecule has 1 aromatic carbocycles. The van der Waals surface area contributed by atoms with E-state index in [2.05, 4.69) is 9.84 Å². The molecule has 3 rings (SSSR count). The fourth-order valence-electron chi connectivity index (χ4n) is 3.20. The Labute approximate surface area is 191 Å². The molecule has 0 aliphatic carbocycles. The summed E-state index contributed by atoms with van der Waals surface area (Å²) in [7, 11) is -3.33. The summed E-state index contributed by atoms with van der Waals surface area (Å²) in [6, 6.07) is 0.353. The maximum atomic E-state index is 13.1. The third-order valence-electron chi connectivity index (χ3n) is 4.51. The summed E-state index contributed by atoms with van der Waals surface area (Å²) in [5.74, 6) is -0.764. The van der Waals surface area contributed by atoms with Crippen LogP contribution < -0.4 is 18.8 Å². The Balaban J connectivity index is 1.85. The summed E-state index contributed by atoms with van der Waals surface area (Å²) >= 11 is 5.73. The zero-order chi connectivity index (χ0) is 24.4. The first-order valence-corrected chi connectivity index (χ1v) is 11.2. The lowest BCUT2D eigenvalue weighted by Crippen LogP contribution is -3.14. The highest BCUT2D eigenvalue weighted by atomic mass is 35.5. The molecule has 1 atom stereocenters. The number of quaternary nitrogens is 1. The molecule has 182 valence electrons. The van der Waals surface area contributed by atoms with Crippen molar-refractivity contribution in [2.75, 3.05) is 22.8 Å². The second kappa shape index (κ2) is 9.72. The number of benzene rings is 1. The van der Waals surface area contributed by atoms with Crippen LogP contribution >= 0.6 is 11.6 Å². The number of urea groups is 1. The van der Waals surface area contributed by atoms with Crippen molar-refractivity contribution >= 4 is 39.2 Å². The lowest BCUT2D eigenvalue weighted by atomic mass is 10.1. The van der Waals surface area contributed by atoms with Gasteiger partial charge in [-0.05, 0) is 25.0 Å². The van der Waals surface area contributed by atoms with Crippen LogP contribution in [0.15, 0.2) is 30.6 Å². The zero-order valence-electron chi connectivity index (χ0n) is 17.0. The molecular weight excluding hydrogens is 495 g/mol. The number of hydroxylamine groups is 1. The average Bonchev–Trinajstić information content (AvgIpc) is 3.11. The SMILES string of the molecule is Cn1cc(N(C2CCOCC2)S(=O)(=O)[NH+]([O-])C(=O)Nc2cc(Cl)cc(OC(F)(F)F)c2)cn1. The highest BCUT2D eigenvalue weighted by Gasteiger charge is 2.40. The van der Waals surface area contributed by atoms with Crippen LogP contribution in [0.4, 0.5) is 29.3 Å². The van der Waals surface area contributed by atoms with Gasteiger partial charge in [0.05, 0.1) is 23.6 Å². The number of carbonyl (C=O) groups is 1. The van der Waals surface area contributed by atoms with Gasteiger partial charge in [-0.15, -0.1) is 13.2 Å². The van der Waals surface area contributed by atoms with Crippen molar-refractivity contribution in [1.29, 1.82) is 0 Å². The Hall–Kier alpha value is -2.59. The van der Waals surface area contributed by atoms with E-state index in [-0.39, 0.29) is 42.5 Å². The molecule has 1 aromatic heterocycles. The Kier molecular flexibility index (Phi) is 7.38. The van der Waals surface area contributed by atoms with E-state index in [9.17, 15) is 31.6 Å². The monoisotopic (exact) mass is 513 g/mol. The third kappa shape index (κ3) is 6.26. The van der Waals surface area contributed by atoms with Crippen LogP contribution in [0.5, 0.6) is 5.75 Å². The summed E-state index contributed by atoms with van der Waals surface area (Å²) < 4.78 is 73.0. The van der Waals surface area contributed by atoms with Gasteiger partial charge in [0.2, 0.25) is 0 Å². The van der Waals surface area contributed by atoms with Crippen molar-refractivity contribution in [2.45, 2.75) is 25.2 Å². The van der Waals surface area contributed by atoms with Crippen LogP contribution in [0, 0.1) is 5.21 Å². The van der Waals surface area contributed by atoms with Crippen LogP contribution in [-0.2, 0) is 22.0 Å². The van der Waals surface area contributed by atoms with Crippen LogP contribution in [-0.4, -0.2) is 49.8 Å². The number of amides is 2. The number of hydrogen-bond donors (Lipinski definition) is 2. The number of halogens is 4. The minimum absolute atomic E-state index is 0.0779. The van der Waals surface area contributed by atoms with Gasteiger partial charge in [-0.1, -0.05) is 11.6 Å². The molecule has 0 radical (unpaired) electrons. The number of aryl methyl sites for hydroxylation is 1. The third-order valence-corrected chi connectivity index (χ3v) is 6.41. The summed E-state index contributed by atoms with van der Waals surface area (Å²) in [4.78, 5) is 12.5. The predicted octanol–water partition coefficient (Wildman–Crippen LogP) is 1.82. The van der Waals surface area contributed by atoms with E-state index in [0.29, 0.717) is 0 Å². The Bertz CT molecular complexity index is 1110. The summed E-state index contributed by atoms with van der Waals surface area (Å²) in [6.07, 6.45) is -1.88. The van der Waals surface area contributed by atoms with Gasteiger partial charge in [-0.2, -0.15) is 18.0 Å². The molecule has 2 aromatic rings. The Morgan fingerprint density at radius 3 is 2.61 bits per heavy atom. The van der Waals surface area contributed by atoms with Crippen molar-refractivity contribution in [2.24, 2.45) is 7.05 Å². The average molecular weight is 514 g/mol. The smallest absolute Gasteiger partial charge is 0.573 e. The number of carbonyl (C=O) groups excluding carboxylic acids is 1. The number of ether oxygens (including phenoxy) is 2. The number of hydrogen-bond acceptors (Lipinski definition) is 7. The second-order valence-electron chi connectivity index (χ2n) is 6.98. The number of nitrogens with one attached hydrogen (secondary N) is 2. The number of alkyl halides is 3. The van der Waals surface area contributed by atoms with Crippen molar-refractivity contribution < 1.29 is 40.3 Å². The van der Waals surface area contributed by atoms with Crippen molar-refractivity contribution in [3.8, 4) is 5.75 Å². The van der Waals surface area contributed by atoms with Crippen molar-refractivity contribution in [1.82, 2.24) is 9.78 Å². The molecule has 1 fully saturated rings. The van der Waals surface area contributed by atoms with E-state index in [1.807, 2.05) is 5.32 Å². The molecule has 1 aliphatic heterocycles. The van der Waals surface area contributed by atoms with Gasteiger partial charge in [0.1, 0.15) is 5.75 Å². The minimum Gasteiger partial charge on any atom is -0.608 e. The molecule has 0 saturated carbocycles. The predicted molar refractivity (Wildman–Crippen MR) is 110 cm³/mol. The van der Waals surface area contributed by atoms with E-state index >= 15 is 0 Å². The van der Waals surface area contributed by atoms with Crippen molar-refractivity contribution in [3.05, 3.63) is 40.8 Å². The van der Waals surface area contributed by atoms with Gasteiger partial charge < -0.3 is 14.7 Å². The van der Waals surface area contributed by atoms with Crippen LogP contribution in [0.25, 0.3) is 0 Å². The number of aromatic nitrogens is 2. The van der Waals surface area contributed by atoms with E-state index in [1.54, 1.807) is 7.05 Å². The fraction of sp³-hybridized carbons (Fsp3) is 0.412. The molecule has 1 aliphatic rings. The summed E-state index contributed by atoms with van der Waals surface area (Å²) in [6.45, 7) is 0.504. The van der Waals surface area contributed by atoms with E-state index in [1.165, 1.54) is 17.1 Å². The molecule has 2 amide bonds. The van der Waals surface area contributed by atoms with E-state index in [0.717, 1.165) is 22.5 Å². The first-order valence-electron chi connectivity index (χ1n) is 9.39. The van der Waals surface area contributed by atoms with Gasteiger partial charge in [-0.25, -0.2) is 9.10 Å². The first-order chi connectivity index (χ1) is 15.4. The fourth-order valence-corrected chi connectivity index (χ4v) is 4.87. The largest absolute Gasteiger partial charge is 0.608 e.